The minimum absolute atomic E-state index is 0.0614. The van der Waals surface area contributed by atoms with Crippen molar-refractivity contribution in [3.63, 3.8) is 0 Å². The van der Waals surface area contributed by atoms with Crippen LogP contribution in [0.15, 0.2) is 16.7 Å². The van der Waals surface area contributed by atoms with Crippen molar-refractivity contribution in [2.45, 2.75) is 58.0 Å². The van der Waals surface area contributed by atoms with Crippen LogP contribution >= 0.6 is 0 Å². The van der Waals surface area contributed by atoms with Gasteiger partial charge in [-0.05, 0) is 12.8 Å². The first-order valence-electron chi connectivity index (χ1n) is 8.34. The summed E-state index contributed by atoms with van der Waals surface area (Å²) in [5, 5.41) is 9.83. The van der Waals surface area contributed by atoms with Crippen LogP contribution in [0, 0.1) is 0 Å². The highest BCUT2D eigenvalue weighted by Crippen LogP contribution is 2.28. The Kier molecular flexibility index (Phi) is 4.71. The highest BCUT2D eigenvalue weighted by atomic mass is 16.5. The summed E-state index contributed by atoms with van der Waals surface area (Å²) in [6.45, 7) is 6.96. The molecule has 0 spiro atoms. The lowest BCUT2D eigenvalue weighted by Crippen LogP contribution is -2.12. The molecule has 0 radical (unpaired) electrons. The molecule has 0 aliphatic carbocycles. The van der Waals surface area contributed by atoms with E-state index in [-0.39, 0.29) is 17.4 Å². The molecule has 2 aromatic heterocycles. The van der Waals surface area contributed by atoms with Crippen molar-refractivity contribution < 1.29 is 13.9 Å². The van der Waals surface area contributed by atoms with Crippen molar-refractivity contribution >= 4 is 11.7 Å². The first-order chi connectivity index (χ1) is 11.4. The van der Waals surface area contributed by atoms with Gasteiger partial charge in [-0.2, -0.15) is 5.10 Å². The minimum atomic E-state index is -0.115. The molecule has 7 nitrogen and oxygen atoms in total. The Morgan fingerprint density at radius 3 is 2.96 bits per heavy atom. The topological polar surface area (TPSA) is 93.0 Å². The molecule has 2 N–H and O–H groups in total. The summed E-state index contributed by atoms with van der Waals surface area (Å²) in [5.74, 6) is 1.81. The predicted molar refractivity (Wildman–Crippen MR) is 88.7 cm³/mol. The predicted octanol–water partition coefficient (Wildman–Crippen LogP) is 3.12. The van der Waals surface area contributed by atoms with Crippen LogP contribution in [0.2, 0.25) is 0 Å². The SMILES string of the molecule is CC(C)(C)c1cnc(CCC(=O)Nc2cc([C@@H]3CCCO3)[nH]n2)o1. The molecule has 1 saturated heterocycles. The third-order valence-electron chi connectivity index (χ3n) is 4.00. The Morgan fingerprint density at radius 1 is 1.46 bits per heavy atom. The van der Waals surface area contributed by atoms with Crippen molar-refractivity contribution in [2.75, 3.05) is 11.9 Å². The zero-order valence-electron chi connectivity index (χ0n) is 14.4. The molecular formula is C17H24N4O3. The number of nitrogens with zero attached hydrogens (tertiary/aromatic N) is 2. The van der Waals surface area contributed by atoms with Gasteiger partial charge in [-0.15, -0.1) is 0 Å². The number of nitrogens with one attached hydrogen (secondary N) is 2. The second kappa shape index (κ2) is 6.76. The van der Waals surface area contributed by atoms with E-state index in [1.54, 1.807) is 6.20 Å². The van der Waals surface area contributed by atoms with Crippen LogP contribution < -0.4 is 5.32 Å². The van der Waals surface area contributed by atoms with Gasteiger partial charge in [0.05, 0.1) is 18.0 Å². The van der Waals surface area contributed by atoms with Crippen LogP contribution in [0.5, 0.6) is 0 Å². The number of aromatic nitrogens is 3. The number of aryl methyl sites for hydroxylation is 1. The fraction of sp³-hybridized carbons (Fsp3) is 0.588. The standard InChI is InChI=1S/C17H24N4O3/c1-17(2,3)13-10-18-16(24-13)7-6-15(22)19-14-9-11(20-21-14)12-5-4-8-23-12/h9-10,12H,4-8H2,1-3H3,(H2,19,20,21,22)/t12-/m0/s1. The third-order valence-corrected chi connectivity index (χ3v) is 4.00. The van der Waals surface area contributed by atoms with Crippen molar-refractivity contribution in [1.29, 1.82) is 0 Å². The fourth-order valence-corrected chi connectivity index (χ4v) is 2.59. The van der Waals surface area contributed by atoms with Crippen LogP contribution in [0.25, 0.3) is 0 Å². The maximum Gasteiger partial charge on any atom is 0.226 e. The monoisotopic (exact) mass is 332 g/mol. The fourth-order valence-electron chi connectivity index (χ4n) is 2.59. The summed E-state index contributed by atoms with van der Waals surface area (Å²) in [6, 6.07) is 1.83. The maximum absolute atomic E-state index is 12.1. The van der Waals surface area contributed by atoms with Gasteiger partial charge in [0, 0.05) is 30.9 Å². The Balaban J connectivity index is 1.50. The van der Waals surface area contributed by atoms with Crippen molar-refractivity contribution in [1.82, 2.24) is 15.2 Å². The summed E-state index contributed by atoms with van der Waals surface area (Å²) in [6.07, 6.45) is 4.59. The van der Waals surface area contributed by atoms with Crippen molar-refractivity contribution in [3.05, 3.63) is 29.6 Å². The van der Waals surface area contributed by atoms with E-state index in [4.69, 9.17) is 9.15 Å². The van der Waals surface area contributed by atoms with Crippen LogP contribution in [-0.2, 0) is 21.4 Å². The second-order valence-electron chi connectivity index (χ2n) is 7.13. The number of hydrogen-bond acceptors (Lipinski definition) is 5. The number of aromatic amines is 1. The van der Waals surface area contributed by atoms with Gasteiger partial charge < -0.3 is 14.5 Å². The van der Waals surface area contributed by atoms with Gasteiger partial charge in [0.1, 0.15) is 5.76 Å². The van der Waals surface area contributed by atoms with Gasteiger partial charge in [-0.25, -0.2) is 4.98 Å². The van der Waals surface area contributed by atoms with Gasteiger partial charge in [0.2, 0.25) is 5.91 Å². The summed E-state index contributed by atoms with van der Waals surface area (Å²) in [4.78, 5) is 16.3. The van der Waals surface area contributed by atoms with Crippen molar-refractivity contribution in [3.8, 4) is 0 Å². The summed E-state index contributed by atoms with van der Waals surface area (Å²) in [7, 11) is 0. The molecule has 0 bridgehead atoms. The number of oxazole rings is 1. The summed E-state index contributed by atoms with van der Waals surface area (Å²) >= 11 is 0. The minimum Gasteiger partial charge on any atom is -0.445 e. The van der Waals surface area contributed by atoms with Gasteiger partial charge in [0.25, 0.3) is 0 Å². The van der Waals surface area contributed by atoms with Gasteiger partial charge >= 0.3 is 0 Å². The summed E-state index contributed by atoms with van der Waals surface area (Å²) in [5.41, 5.74) is 0.826. The van der Waals surface area contributed by atoms with E-state index >= 15 is 0 Å². The quantitative estimate of drug-likeness (QED) is 0.877. The number of H-pyrrole nitrogens is 1. The maximum atomic E-state index is 12.1. The van der Waals surface area contributed by atoms with E-state index < -0.39 is 0 Å². The van der Waals surface area contributed by atoms with E-state index in [0.717, 1.165) is 30.9 Å². The highest BCUT2D eigenvalue weighted by molar-refractivity contribution is 5.89. The lowest BCUT2D eigenvalue weighted by atomic mass is 9.94. The highest BCUT2D eigenvalue weighted by Gasteiger charge is 2.21. The lowest BCUT2D eigenvalue weighted by molar-refractivity contribution is -0.116. The number of hydrogen-bond donors (Lipinski definition) is 2. The van der Waals surface area contributed by atoms with E-state index in [1.165, 1.54) is 0 Å². The molecular weight excluding hydrogens is 308 g/mol. The van der Waals surface area contributed by atoms with Crippen LogP contribution in [0.4, 0.5) is 5.82 Å². The molecule has 1 fully saturated rings. The normalized spacial score (nSPS) is 18.0. The van der Waals surface area contributed by atoms with E-state index in [0.29, 0.717) is 24.6 Å². The molecule has 2 aromatic rings. The average Bonchev–Trinajstić information content (AvgIpc) is 3.25. The summed E-state index contributed by atoms with van der Waals surface area (Å²) < 4.78 is 11.3. The second-order valence-corrected chi connectivity index (χ2v) is 7.13. The Labute approximate surface area is 141 Å². The zero-order chi connectivity index (χ0) is 17.2. The van der Waals surface area contributed by atoms with Crippen LogP contribution in [0.3, 0.4) is 0 Å². The number of carbonyl (C=O) groups excluding carboxylic acids is 1. The first-order valence-corrected chi connectivity index (χ1v) is 8.34. The van der Waals surface area contributed by atoms with E-state index in [9.17, 15) is 4.79 Å². The molecule has 0 saturated carbocycles. The Hall–Kier alpha value is -2.15. The Bertz CT molecular complexity index is 693. The number of ether oxygens (including phenoxy) is 1. The molecule has 7 heteroatoms. The molecule has 3 heterocycles. The largest absolute Gasteiger partial charge is 0.445 e. The zero-order valence-corrected chi connectivity index (χ0v) is 14.4. The van der Waals surface area contributed by atoms with E-state index in [2.05, 4.69) is 41.3 Å². The lowest BCUT2D eigenvalue weighted by Gasteiger charge is -2.13. The molecule has 1 amide bonds. The average molecular weight is 332 g/mol. The molecule has 1 aliphatic rings. The van der Waals surface area contributed by atoms with Crippen LogP contribution in [0.1, 0.15) is 63.5 Å². The first kappa shape index (κ1) is 16.7. The molecule has 24 heavy (non-hydrogen) atoms. The smallest absolute Gasteiger partial charge is 0.226 e. The van der Waals surface area contributed by atoms with Crippen molar-refractivity contribution in [2.24, 2.45) is 0 Å². The molecule has 1 atom stereocenters. The van der Waals surface area contributed by atoms with Gasteiger partial charge in [-0.3, -0.25) is 9.89 Å². The molecule has 0 unspecified atom stereocenters. The van der Waals surface area contributed by atoms with Gasteiger partial charge in [0.15, 0.2) is 11.7 Å². The van der Waals surface area contributed by atoms with Crippen LogP contribution in [-0.4, -0.2) is 27.7 Å². The molecule has 1 aliphatic heterocycles. The third kappa shape index (κ3) is 4.03. The Morgan fingerprint density at radius 2 is 2.29 bits per heavy atom. The number of anilines is 1. The number of amides is 1. The number of carbonyl (C=O) groups is 1. The molecule has 0 aromatic carbocycles. The van der Waals surface area contributed by atoms with Gasteiger partial charge in [-0.1, -0.05) is 20.8 Å². The molecule has 3 rings (SSSR count). The molecule has 130 valence electrons. The number of rotatable bonds is 5. The van der Waals surface area contributed by atoms with E-state index in [1.807, 2.05) is 6.07 Å².